The first-order valence-corrected chi connectivity index (χ1v) is 13.6. The fourth-order valence-corrected chi connectivity index (χ4v) is 5.89. The first kappa shape index (κ1) is 26.4. The smallest absolute Gasteiger partial charge is 0.257 e. The monoisotopic (exact) mass is 538 g/mol. The van der Waals surface area contributed by atoms with E-state index in [1.807, 2.05) is 66.7 Å². The van der Waals surface area contributed by atoms with Gasteiger partial charge in [-0.3, -0.25) is 9.59 Å². The van der Waals surface area contributed by atoms with Crippen molar-refractivity contribution in [1.29, 1.82) is 0 Å². The second-order valence-corrected chi connectivity index (χ2v) is 10.3. The molecule has 1 unspecified atom stereocenters. The van der Waals surface area contributed by atoms with Crippen molar-refractivity contribution >= 4 is 43.1 Å². The van der Waals surface area contributed by atoms with Gasteiger partial charge in [0.2, 0.25) is 0 Å². The van der Waals surface area contributed by atoms with Gasteiger partial charge in [0, 0.05) is 33.7 Å². The SMILES string of the molecule is CCC(NCc1ccc(NC(=O)c2cccc3c(=O)c4ccccc4sc23)cc1)c1ccc(OC)c(OC)c1. The van der Waals surface area contributed by atoms with E-state index >= 15 is 0 Å². The first-order chi connectivity index (χ1) is 19.0. The van der Waals surface area contributed by atoms with Crippen molar-refractivity contribution in [1.82, 2.24) is 5.32 Å². The van der Waals surface area contributed by atoms with Crippen LogP contribution in [0.2, 0.25) is 0 Å². The summed E-state index contributed by atoms with van der Waals surface area (Å²) in [5.74, 6) is 1.18. The van der Waals surface area contributed by atoms with E-state index in [0.717, 1.165) is 22.2 Å². The van der Waals surface area contributed by atoms with E-state index in [2.05, 4.69) is 17.6 Å². The van der Waals surface area contributed by atoms with Crippen LogP contribution >= 0.6 is 11.3 Å². The highest BCUT2D eigenvalue weighted by Crippen LogP contribution is 2.31. The zero-order chi connectivity index (χ0) is 27.4. The molecular formula is C32H30N2O4S. The number of amides is 1. The molecule has 0 spiro atoms. The van der Waals surface area contributed by atoms with Gasteiger partial charge in [0.25, 0.3) is 5.91 Å². The summed E-state index contributed by atoms with van der Waals surface area (Å²) in [7, 11) is 3.27. The summed E-state index contributed by atoms with van der Waals surface area (Å²) in [6, 6.07) is 26.7. The highest BCUT2D eigenvalue weighted by molar-refractivity contribution is 7.24. The zero-order valence-electron chi connectivity index (χ0n) is 22.1. The Bertz CT molecular complexity index is 1700. The molecule has 7 heteroatoms. The number of hydrogen-bond acceptors (Lipinski definition) is 6. The minimum atomic E-state index is -0.239. The Kier molecular flexibility index (Phi) is 7.91. The van der Waals surface area contributed by atoms with Gasteiger partial charge in [-0.2, -0.15) is 0 Å². The Morgan fingerprint density at radius 2 is 1.62 bits per heavy atom. The predicted octanol–water partition coefficient (Wildman–Crippen LogP) is 6.93. The van der Waals surface area contributed by atoms with E-state index in [1.54, 1.807) is 32.4 Å². The lowest BCUT2D eigenvalue weighted by Crippen LogP contribution is -2.20. The summed E-state index contributed by atoms with van der Waals surface area (Å²) in [6.07, 6.45) is 0.913. The second kappa shape index (κ2) is 11.7. The van der Waals surface area contributed by atoms with Gasteiger partial charge in [-0.15, -0.1) is 11.3 Å². The van der Waals surface area contributed by atoms with Crippen molar-refractivity contribution in [2.24, 2.45) is 0 Å². The number of carbonyl (C=O) groups excluding carboxylic acids is 1. The van der Waals surface area contributed by atoms with Crippen molar-refractivity contribution < 1.29 is 14.3 Å². The summed E-state index contributed by atoms with van der Waals surface area (Å²) in [5.41, 5.74) is 3.36. The number of rotatable bonds is 9. The number of methoxy groups -OCH3 is 2. The van der Waals surface area contributed by atoms with Gasteiger partial charge in [0.15, 0.2) is 16.9 Å². The third-order valence-electron chi connectivity index (χ3n) is 6.83. The van der Waals surface area contributed by atoms with Gasteiger partial charge in [-0.25, -0.2) is 0 Å². The Morgan fingerprint density at radius 3 is 2.36 bits per heavy atom. The molecule has 0 fully saturated rings. The Balaban J connectivity index is 1.29. The molecule has 0 aliphatic heterocycles. The minimum Gasteiger partial charge on any atom is -0.493 e. The van der Waals surface area contributed by atoms with Crippen LogP contribution in [0.5, 0.6) is 11.5 Å². The first-order valence-electron chi connectivity index (χ1n) is 12.8. The number of ether oxygens (including phenoxy) is 2. The van der Waals surface area contributed by atoms with Crippen molar-refractivity contribution in [3.05, 3.63) is 112 Å². The van der Waals surface area contributed by atoms with Gasteiger partial charge in [0.05, 0.1) is 24.5 Å². The van der Waals surface area contributed by atoms with Crippen LogP contribution in [0, 0.1) is 0 Å². The molecule has 4 aromatic carbocycles. The summed E-state index contributed by atoms with van der Waals surface area (Å²) < 4.78 is 12.4. The number of benzene rings is 4. The number of nitrogens with one attached hydrogen (secondary N) is 2. The largest absolute Gasteiger partial charge is 0.493 e. The minimum absolute atomic E-state index is 0.0516. The molecule has 0 bridgehead atoms. The van der Waals surface area contributed by atoms with Crippen LogP contribution in [0.15, 0.2) is 89.7 Å². The molecular weight excluding hydrogens is 508 g/mol. The molecule has 39 heavy (non-hydrogen) atoms. The van der Waals surface area contributed by atoms with Crippen LogP contribution < -0.4 is 25.5 Å². The third-order valence-corrected chi connectivity index (χ3v) is 8.05. The molecule has 2 N–H and O–H groups in total. The normalized spacial score (nSPS) is 11.9. The number of fused-ring (bicyclic) bond motifs is 2. The average molecular weight is 539 g/mol. The van der Waals surface area contributed by atoms with Gasteiger partial charge in [0.1, 0.15) is 0 Å². The molecule has 6 nitrogen and oxygen atoms in total. The summed E-state index contributed by atoms with van der Waals surface area (Å²) in [4.78, 5) is 26.2. The lowest BCUT2D eigenvalue weighted by molar-refractivity contribution is 0.102. The maximum absolute atomic E-state index is 13.2. The number of anilines is 1. The summed E-state index contributed by atoms with van der Waals surface area (Å²) >= 11 is 1.46. The van der Waals surface area contributed by atoms with E-state index in [-0.39, 0.29) is 17.4 Å². The van der Waals surface area contributed by atoms with Crippen LogP contribution in [0.25, 0.3) is 20.2 Å². The molecule has 0 saturated carbocycles. The quantitative estimate of drug-likeness (QED) is 0.199. The lowest BCUT2D eigenvalue weighted by atomic mass is 10.0. The molecule has 0 aliphatic rings. The number of carbonyl (C=O) groups is 1. The van der Waals surface area contributed by atoms with Crippen LogP contribution in [-0.2, 0) is 6.54 Å². The van der Waals surface area contributed by atoms with Gasteiger partial charge in [-0.1, -0.05) is 43.3 Å². The lowest BCUT2D eigenvalue weighted by Gasteiger charge is -2.19. The second-order valence-electron chi connectivity index (χ2n) is 9.22. The van der Waals surface area contributed by atoms with E-state index in [0.29, 0.717) is 44.8 Å². The molecule has 1 amide bonds. The molecule has 5 rings (SSSR count). The van der Waals surface area contributed by atoms with E-state index < -0.39 is 0 Å². The summed E-state index contributed by atoms with van der Waals surface area (Å²) in [5, 5.41) is 7.83. The van der Waals surface area contributed by atoms with E-state index in [4.69, 9.17) is 9.47 Å². The molecule has 0 saturated heterocycles. The Hall–Kier alpha value is -4.20. The Morgan fingerprint density at radius 1 is 0.872 bits per heavy atom. The highest BCUT2D eigenvalue weighted by Gasteiger charge is 2.15. The van der Waals surface area contributed by atoms with Crippen molar-refractivity contribution in [2.75, 3.05) is 19.5 Å². The standard InChI is InChI=1S/C32H30N2O4S/c1-4-26(21-14-17-27(37-2)28(18-21)38-3)33-19-20-12-15-22(16-13-20)34-32(36)25-10-7-9-24-30(35)23-8-5-6-11-29(23)39-31(24)25/h5-18,26,33H,4,19H2,1-3H3,(H,34,36). The van der Waals surface area contributed by atoms with E-state index in [9.17, 15) is 9.59 Å². The summed E-state index contributed by atoms with van der Waals surface area (Å²) in [6.45, 7) is 2.81. The van der Waals surface area contributed by atoms with E-state index in [1.165, 1.54) is 11.3 Å². The predicted molar refractivity (Wildman–Crippen MR) is 159 cm³/mol. The molecule has 0 aliphatic carbocycles. The fraction of sp³-hybridized carbons (Fsp3) is 0.188. The van der Waals surface area contributed by atoms with Gasteiger partial charge >= 0.3 is 0 Å². The van der Waals surface area contributed by atoms with Crippen LogP contribution in [-0.4, -0.2) is 20.1 Å². The third kappa shape index (κ3) is 5.50. The van der Waals surface area contributed by atoms with Crippen molar-refractivity contribution in [3.8, 4) is 11.5 Å². The zero-order valence-corrected chi connectivity index (χ0v) is 22.9. The molecule has 1 atom stereocenters. The van der Waals surface area contributed by atoms with Gasteiger partial charge in [-0.05, 0) is 66.1 Å². The molecule has 1 heterocycles. The maximum Gasteiger partial charge on any atom is 0.257 e. The van der Waals surface area contributed by atoms with Crippen LogP contribution in [0.1, 0.15) is 40.9 Å². The van der Waals surface area contributed by atoms with Crippen molar-refractivity contribution in [2.45, 2.75) is 25.9 Å². The van der Waals surface area contributed by atoms with Crippen LogP contribution in [0.3, 0.4) is 0 Å². The molecule has 1 aromatic heterocycles. The topological polar surface area (TPSA) is 76.7 Å². The molecule has 5 aromatic rings. The highest BCUT2D eigenvalue weighted by atomic mass is 32.1. The maximum atomic E-state index is 13.2. The molecule has 0 radical (unpaired) electrons. The van der Waals surface area contributed by atoms with Gasteiger partial charge < -0.3 is 20.1 Å². The fourth-order valence-electron chi connectivity index (χ4n) is 4.72. The molecule has 198 valence electrons. The average Bonchev–Trinajstić information content (AvgIpc) is 2.98. The number of hydrogen-bond donors (Lipinski definition) is 2. The Labute approximate surface area is 231 Å². The van der Waals surface area contributed by atoms with Crippen molar-refractivity contribution in [3.63, 3.8) is 0 Å². The van der Waals surface area contributed by atoms with Crippen LogP contribution in [0.4, 0.5) is 5.69 Å².